The number of aliphatic hydroxyl groups is 1. The van der Waals surface area contributed by atoms with Gasteiger partial charge < -0.3 is 19.9 Å². The van der Waals surface area contributed by atoms with E-state index in [1.165, 1.54) is 12.8 Å². The van der Waals surface area contributed by atoms with Crippen molar-refractivity contribution in [1.82, 2.24) is 5.32 Å². The Morgan fingerprint density at radius 2 is 2.00 bits per heavy atom. The van der Waals surface area contributed by atoms with Crippen LogP contribution in [0.4, 0.5) is 0 Å². The van der Waals surface area contributed by atoms with Gasteiger partial charge in [-0.2, -0.15) is 0 Å². The first-order chi connectivity index (χ1) is 10.2. The van der Waals surface area contributed by atoms with E-state index in [1.54, 1.807) is 0 Å². The maximum absolute atomic E-state index is 10.0. The van der Waals surface area contributed by atoms with Crippen molar-refractivity contribution in [3.8, 4) is 0 Å². The molecule has 1 aliphatic heterocycles. The zero-order valence-electron chi connectivity index (χ0n) is 13.7. The molecule has 3 unspecified atom stereocenters. The third-order valence-corrected chi connectivity index (χ3v) is 5.02. The minimum absolute atomic E-state index is 0.364. The van der Waals surface area contributed by atoms with E-state index in [0.29, 0.717) is 31.3 Å². The van der Waals surface area contributed by atoms with E-state index in [-0.39, 0.29) is 0 Å². The molecule has 0 aromatic heterocycles. The minimum Gasteiger partial charge on any atom is -0.389 e. The molecule has 0 spiro atoms. The predicted molar refractivity (Wildman–Crippen MR) is 84.4 cm³/mol. The van der Waals surface area contributed by atoms with Gasteiger partial charge in [0.25, 0.3) is 0 Å². The quantitative estimate of drug-likeness (QED) is 0.722. The molecule has 1 saturated carbocycles. The molecule has 3 atom stereocenters. The molecular formula is C17H33NO3. The Balaban J connectivity index is 1.52. The van der Waals surface area contributed by atoms with Crippen LogP contribution in [0.3, 0.4) is 0 Å². The van der Waals surface area contributed by atoms with Crippen LogP contribution in [0, 0.1) is 11.8 Å². The largest absolute Gasteiger partial charge is 0.389 e. The lowest BCUT2D eigenvalue weighted by Gasteiger charge is -2.27. The molecule has 2 N–H and O–H groups in total. The van der Waals surface area contributed by atoms with E-state index in [1.807, 2.05) is 0 Å². The molecule has 0 aromatic rings. The first-order valence-corrected chi connectivity index (χ1v) is 8.81. The highest BCUT2D eigenvalue weighted by molar-refractivity contribution is 4.77. The second kappa shape index (κ2) is 9.09. The highest BCUT2D eigenvalue weighted by Crippen LogP contribution is 2.25. The van der Waals surface area contributed by atoms with Crippen LogP contribution < -0.4 is 5.32 Å². The second-order valence-electron chi connectivity index (χ2n) is 6.89. The molecule has 0 amide bonds. The molecule has 0 bridgehead atoms. The van der Waals surface area contributed by atoms with Crippen molar-refractivity contribution in [2.24, 2.45) is 11.8 Å². The highest BCUT2D eigenvalue weighted by atomic mass is 16.5. The number of hydrogen-bond acceptors (Lipinski definition) is 4. The van der Waals surface area contributed by atoms with Crippen LogP contribution in [-0.4, -0.2) is 49.7 Å². The summed E-state index contributed by atoms with van der Waals surface area (Å²) in [5.41, 5.74) is 0. The molecule has 2 aliphatic rings. The van der Waals surface area contributed by atoms with Crippen molar-refractivity contribution < 1.29 is 14.6 Å². The highest BCUT2D eigenvalue weighted by Gasteiger charge is 2.26. The molecule has 0 aromatic carbocycles. The van der Waals surface area contributed by atoms with E-state index in [4.69, 9.17) is 9.47 Å². The topological polar surface area (TPSA) is 50.7 Å². The Morgan fingerprint density at radius 3 is 2.71 bits per heavy atom. The fourth-order valence-electron chi connectivity index (χ4n) is 3.52. The van der Waals surface area contributed by atoms with Gasteiger partial charge in [0.1, 0.15) is 0 Å². The third-order valence-electron chi connectivity index (χ3n) is 5.02. The van der Waals surface area contributed by atoms with E-state index < -0.39 is 6.10 Å². The summed E-state index contributed by atoms with van der Waals surface area (Å²) >= 11 is 0. The molecule has 1 saturated heterocycles. The molecule has 4 heteroatoms. The lowest BCUT2D eigenvalue weighted by Crippen LogP contribution is -2.36. The van der Waals surface area contributed by atoms with Gasteiger partial charge in [0, 0.05) is 19.7 Å². The fraction of sp³-hybridized carbons (Fsp3) is 1.00. The average molecular weight is 299 g/mol. The minimum atomic E-state index is -0.397. The van der Waals surface area contributed by atoms with Crippen molar-refractivity contribution in [2.45, 2.75) is 70.7 Å². The summed E-state index contributed by atoms with van der Waals surface area (Å²) in [7, 11) is 0. The van der Waals surface area contributed by atoms with Gasteiger partial charge in [-0.3, -0.25) is 0 Å². The number of aliphatic hydroxyl groups excluding tert-OH is 1. The molecule has 1 aliphatic carbocycles. The summed E-state index contributed by atoms with van der Waals surface area (Å²) in [4.78, 5) is 0. The normalized spacial score (nSPS) is 35.0. The predicted octanol–water partition coefficient (Wildman–Crippen LogP) is 2.35. The van der Waals surface area contributed by atoms with Gasteiger partial charge in [0.05, 0.1) is 24.9 Å². The maximum atomic E-state index is 10.0. The van der Waals surface area contributed by atoms with E-state index in [9.17, 15) is 5.11 Å². The number of ether oxygens (including phenoxy) is 2. The van der Waals surface area contributed by atoms with Crippen molar-refractivity contribution >= 4 is 0 Å². The molecule has 0 radical (unpaired) electrons. The van der Waals surface area contributed by atoms with E-state index in [0.717, 1.165) is 44.8 Å². The van der Waals surface area contributed by atoms with Gasteiger partial charge in [-0.25, -0.2) is 0 Å². The van der Waals surface area contributed by atoms with Crippen molar-refractivity contribution in [3.05, 3.63) is 0 Å². The number of rotatable bonds is 8. The van der Waals surface area contributed by atoms with Crippen LogP contribution >= 0.6 is 0 Å². The lowest BCUT2D eigenvalue weighted by molar-refractivity contribution is -0.0281. The summed E-state index contributed by atoms with van der Waals surface area (Å²) in [5.74, 6) is 1.44. The SMILES string of the molecule is CCC1OCCC1CNCC(O)COC1CCC(C)CC1. The van der Waals surface area contributed by atoms with Crippen LogP contribution in [0.25, 0.3) is 0 Å². The van der Waals surface area contributed by atoms with Crippen LogP contribution in [0.1, 0.15) is 52.4 Å². The Kier molecular flexibility index (Phi) is 7.44. The summed E-state index contributed by atoms with van der Waals surface area (Å²) in [6.07, 6.45) is 7.41. The Bertz CT molecular complexity index is 279. The zero-order valence-corrected chi connectivity index (χ0v) is 13.7. The Hall–Kier alpha value is -0.160. The van der Waals surface area contributed by atoms with Gasteiger partial charge in [0.2, 0.25) is 0 Å². The molecule has 124 valence electrons. The summed E-state index contributed by atoms with van der Waals surface area (Å²) in [6.45, 7) is 7.40. The Labute approximate surface area is 129 Å². The van der Waals surface area contributed by atoms with Gasteiger partial charge in [-0.15, -0.1) is 0 Å². The summed E-state index contributed by atoms with van der Waals surface area (Å²) < 4.78 is 11.5. The van der Waals surface area contributed by atoms with Gasteiger partial charge in [-0.05, 0) is 50.4 Å². The molecule has 4 nitrogen and oxygen atoms in total. The van der Waals surface area contributed by atoms with E-state index in [2.05, 4.69) is 19.2 Å². The van der Waals surface area contributed by atoms with Crippen molar-refractivity contribution in [1.29, 1.82) is 0 Å². The maximum Gasteiger partial charge on any atom is 0.0897 e. The van der Waals surface area contributed by atoms with Gasteiger partial charge in [0.15, 0.2) is 0 Å². The number of nitrogens with one attached hydrogen (secondary N) is 1. The van der Waals surface area contributed by atoms with Crippen molar-refractivity contribution in [2.75, 3.05) is 26.3 Å². The lowest BCUT2D eigenvalue weighted by atomic mass is 9.89. The van der Waals surface area contributed by atoms with Crippen molar-refractivity contribution in [3.63, 3.8) is 0 Å². The summed E-state index contributed by atoms with van der Waals surface area (Å²) in [5, 5.41) is 13.4. The average Bonchev–Trinajstić information content (AvgIpc) is 2.94. The third kappa shape index (κ3) is 5.85. The molecular weight excluding hydrogens is 266 g/mol. The summed E-state index contributed by atoms with van der Waals surface area (Å²) in [6, 6.07) is 0. The standard InChI is InChI=1S/C17H33NO3/c1-3-17-14(8-9-20-17)10-18-11-15(19)12-21-16-6-4-13(2)5-7-16/h13-19H,3-12H2,1-2H3. The Morgan fingerprint density at radius 1 is 1.24 bits per heavy atom. The molecule has 1 heterocycles. The zero-order chi connectivity index (χ0) is 15.1. The van der Waals surface area contributed by atoms with E-state index >= 15 is 0 Å². The molecule has 2 fully saturated rings. The van der Waals surface area contributed by atoms with Crippen LogP contribution in [0.5, 0.6) is 0 Å². The number of hydrogen-bond donors (Lipinski definition) is 2. The second-order valence-corrected chi connectivity index (χ2v) is 6.89. The smallest absolute Gasteiger partial charge is 0.0897 e. The first kappa shape index (κ1) is 17.2. The molecule has 21 heavy (non-hydrogen) atoms. The van der Waals surface area contributed by atoms with Gasteiger partial charge in [-0.1, -0.05) is 13.8 Å². The van der Waals surface area contributed by atoms with Gasteiger partial charge >= 0.3 is 0 Å². The van der Waals surface area contributed by atoms with Crippen LogP contribution in [0.2, 0.25) is 0 Å². The van der Waals surface area contributed by atoms with Crippen LogP contribution in [-0.2, 0) is 9.47 Å². The fourth-order valence-corrected chi connectivity index (χ4v) is 3.52. The monoisotopic (exact) mass is 299 g/mol. The van der Waals surface area contributed by atoms with Crippen LogP contribution in [0.15, 0.2) is 0 Å². The first-order valence-electron chi connectivity index (χ1n) is 8.81. The molecule has 2 rings (SSSR count).